The summed E-state index contributed by atoms with van der Waals surface area (Å²) < 4.78 is 0. The molecule has 2 amide bonds. The highest BCUT2D eigenvalue weighted by atomic mass is 32.1. The molecule has 0 unspecified atom stereocenters. The monoisotopic (exact) mass is 448 g/mol. The van der Waals surface area contributed by atoms with Crippen molar-refractivity contribution in [3.8, 4) is 0 Å². The first-order valence-electron chi connectivity index (χ1n) is 9.59. The summed E-state index contributed by atoms with van der Waals surface area (Å²) in [5.74, 6) is -0.951. The number of thiocarbonyl (C=S) groups is 1. The summed E-state index contributed by atoms with van der Waals surface area (Å²) in [6.45, 7) is 3.95. The van der Waals surface area contributed by atoms with Crippen molar-refractivity contribution in [1.29, 1.82) is 0 Å². The van der Waals surface area contributed by atoms with Gasteiger partial charge in [0.2, 0.25) is 0 Å². The third-order valence-electron chi connectivity index (χ3n) is 4.73. The van der Waals surface area contributed by atoms with E-state index in [-0.39, 0.29) is 22.3 Å². The summed E-state index contributed by atoms with van der Waals surface area (Å²) in [4.78, 5) is 35.5. The second kappa shape index (κ2) is 9.80. The van der Waals surface area contributed by atoms with Crippen molar-refractivity contribution < 1.29 is 14.5 Å². The van der Waals surface area contributed by atoms with Crippen LogP contribution in [0.5, 0.6) is 0 Å². The maximum absolute atomic E-state index is 12.8. The molecule has 3 rings (SSSR count). The fraction of sp³-hybridized carbons (Fsp3) is 0.0870. The van der Waals surface area contributed by atoms with Crippen molar-refractivity contribution in [2.75, 3.05) is 10.6 Å². The summed E-state index contributed by atoms with van der Waals surface area (Å²) in [6, 6.07) is 17.6. The van der Waals surface area contributed by atoms with Crippen LogP contribution in [-0.2, 0) is 0 Å². The average molecular weight is 449 g/mol. The van der Waals surface area contributed by atoms with E-state index in [9.17, 15) is 19.7 Å². The summed E-state index contributed by atoms with van der Waals surface area (Å²) in [5, 5.41) is 19.0. The van der Waals surface area contributed by atoms with Gasteiger partial charge in [-0.1, -0.05) is 24.3 Å². The molecule has 32 heavy (non-hydrogen) atoms. The van der Waals surface area contributed by atoms with Crippen LogP contribution in [0.2, 0.25) is 0 Å². The number of carbonyl (C=O) groups excluding carboxylic acids is 2. The predicted molar refractivity (Wildman–Crippen MR) is 127 cm³/mol. The minimum absolute atomic E-state index is 0.0482. The smallest absolute Gasteiger partial charge is 0.270 e. The van der Waals surface area contributed by atoms with Gasteiger partial charge < -0.3 is 10.6 Å². The van der Waals surface area contributed by atoms with Crippen LogP contribution in [0.25, 0.3) is 0 Å². The quantitative estimate of drug-likeness (QED) is 0.299. The van der Waals surface area contributed by atoms with Crippen molar-refractivity contribution in [2.24, 2.45) is 0 Å². The number of non-ortho nitro benzene ring substituents is 1. The number of amides is 2. The second-order valence-corrected chi connectivity index (χ2v) is 7.42. The van der Waals surface area contributed by atoms with Gasteiger partial charge in [0.05, 0.1) is 16.2 Å². The Kier molecular flexibility index (Phi) is 6.91. The minimum atomic E-state index is -0.608. The number of para-hydroxylation sites is 1. The number of hydrogen-bond acceptors (Lipinski definition) is 5. The van der Waals surface area contributed by atoms with E-state index in [1.807, 2.05) is 32.0 Å². The van der Waals surface area contributed by atoms with E-state index < -0.39 is 10.8 Å². The van der Waals surface area contributed by atoms with Crippen molar-refractivity contribution in [1.82, 2.24) is 5.32 Å². The molecule has 0 heterocycles. The van der Waals surface area contributed by atoms with Crippen LogP contribution in [0, 0.1) is 24.0 Å². The van der Waals surface area contributed by atoms with Gasteiger partial charge in [-0.05, 0) is 67.5 Å². The molecule has 0 bridgehead atoms. The maximum atomic E-state index is 12.8. The van der Waals surface area contributed by atoms with Crippen LogP contribution in [0.1, 0.15) is 31.8 Å². The number of carbonyl (C=O) groups is 2. The number of nitro groups is 1. The van der Waals surface area contributed by atoms with Gasteiger partial charge >= 0.3 is 0 Å². The molecule has 162 valence electrons. The molecule has 3 N–H and O–H groups in total. The Morgan fingerprint density at radius 1 is 0.875 bits per heavy atom. The average Bonchev–Trinajstić information content (AvgIpc) is 2.76. The molecular weight excluding hydrogens is 428 g/mol. The normalized spacial score (nSPS) is 10.2. The zero-order valence-corrected chi connectivity index (χ0v) is 18.2. The van der Waals surface area contributed by atoms with Crippen molar-refractivity contribution in [3.05, 3.63) is 99.1 Å². The number of anilines is 2. The fourth-order valence-corrected chi connectivity index (χ4v) is 3.10. The molecule has 0 aliphatic rings. The first-order chi connectivity index (χ1) is 15.2. The minimum Gasteiger partial charge on any atom is -0.332 e. The van der Waals surface area contributed by atoms with E-state index in [0.717, 1.165) is 17.2 Å². The summed E-state index contributed by atoms with van der Waals surface area (Å²) >= 11 is 5.20. The maximum Gasteiger partial charge on any atom is 0.270 e. The summed E-state index contributed by atoms with van der Waals surface area (Å²) in [5.41, 5.74) is 3.45. The lowest BCUT2D eigenvalue weighted by Crippen LogP contribution is -2.34. The molecule has 0 fully saturated rings. The number of nitrogens with one attached hydrogen (secondary N) is 3. The summed E-state index contributed by atoms with van der Waals surface area (Å²) in [6.07, 6.45) is 0. The topological polar surface area (TPSA) is 113 Å². The molecule has 0 atom stereocenters. The molecule has 0 saturated carbocycles. The first kappa shape index (κ1) is 22.6. The van der Waals surface area contributed by atoms with Gasteiger partial charge in [-0.15, -0.1) is 0 Å². The van der Waals surface area contributed by atoms with Gasteiger partial charge in [0.1, 0.15) is 0 Å². The van der Waals surface area contributed by atoms with E-state index in [2.05, 4.69) is 16.0 Å². The van der Waals surface area contributed by atoms with E-state index in [1.54, 1.807) is 24.3 Å². The highest BCUT2D eigenvalue weighted by Crippen LogP contribution is 2.19. The SMILES string of the molecule is Cc1ccc(NC(=O)c2ccccc2NC(=S)NC(=O)c2cccc([N+](=O)[O-])c2)cc1C. The lowest BCUT2D eigenvalue weighted by atomic mass is 10.1. The van der Waals surface area contributed by atoms with Gasteiger partial charge in [-0.3, -0.25) is 25.0 Å². The van der Waals surface area contributed by atoms with Crippen molar-refractivity contribution in [2.45, 2.75) is 13.8 Å². The van der Waals surface area contributed by atoms with Crippen LogP contribution in [0.15, 0.2) is 66.7 Å². The van der Waals surface area contributed by atoms with Crippen molar-refractivity contribution >= 4 is 46.2 Å². The lowest BCUT2D eigenvalue weighted by Gasteiger charge is -2.14. The van der Waals surface area contributed by atoms with Crippen LogP contribution < -0.4 is 16.0 Å². The van der Waals surface area contributed by atoms with E-state index in [1.165, 1.54) is 18.2 Å². The van der Waals surface area contributed by atoms with E-state index >= 15 is 0 Å². The Balaban J connectivity index is 1.71. The van der Waals surface area contributed by atoms with E-state index in [0.29, 0.717) is 16.9 Å². The third kappa shape index (κ3) is 5.52. The number of hydrogen-bond donors (Lipinski definition) is 3. The van der Waals surface area contributed by atoms with Crippen molar-refractivity contribution in [3.63, 3.8) is 0 Å². The number of nitro benzene ring substituents is 1. The van der Waals surface area contributed by atoms with Gasteiger partial charge in [0, 0.05) is 23.4 Å². The number of rotatable bonds is 5. The van der Waals surface area contributed by atoms with E-state index in [4.69, 9.17) is 12.2 Å². The molecule has 0 spiro atoms. The van der Waals surface area contributed by atoms with Gasteiger partial charge in [-0.25, -0.2) is 0 Å². The van der Waals surface area contributed by atoms with Crippen LogP contribution in [0.4, 0.5) is 17.1 Å². The fourth-order valence-electron chi connectivity index (χ4n) is 2.90. The second-order valence-electron chi connectivity index (χ2n) is 7.01. The standard InChI is InChI=1S/C23H20N4O4S/c1-14-10-11-17(12-15(14)2)24-22(29)19-8-3-4-9-20(19)25-23(32)26-21(28)16-6-5-7-18(13-16)27(30)31/h3-13H,1-2H3,(H,24,29)(H2,25,26,28,32). The Bertz CT molecular complexity index is 1230. The summed E-state index contributed by atoms with van der Waals surface area (Å²) in [7, 11) is 0. The molecule has 3 aromatic carbocycles. The number of benzene rings is 3. The molecule has 0 aliphatic carbocycles. The highest BCUT2D eigenvalue weighted by Gasteiger charge is 2.15. The largest absolute Gasteiger partial charge is 0.332 e. The molecule has 0 aliphatic heterocycles. The van der Waals surface area contributed by atoms with Crippen LogP contribution >= 0.6 is 12.2 Å². The lowest BCUT2D eigenvalue weighted by molar-refractivity contribution is -0.384. The molecule has 9 heteroatoms. The predicted octanol–water partition coefficient (Wildman–Crippen LogP) is 4.59. The Labute approximate surface area is 189 Å². The number of nitrogens with zero attached hydrogens (tertiary/aromatic N) is 1. The van der Waals surface area contributed by atoms with Crippen LogP contribution in [-0.4, -0.2) is 21.9 Å². The Morgan fingerprint density at radius 2 is 1.62 bits per heavy atom. The molecule has 0 saturated heterocycles. The molecule has 0 aromatic heterocycles. The first-order valence-corrected chi connectivity index (χ1v) is 10.00. The molecule has 8 nitrogen and oxygen atoms in total. The highest BCUT2D eigenvalue weighted by molar-refractivity contribution is 7.80. The van der Waals surface area contributed by atoms with Gasteiger partial charge in [0.15, 0.2) is 5.11 Å². The Hall–Kier alpha value is -4.11. The van der Waals surface area contributed by atoms with Gasteiger partial charge in [-0.2, -0.15) is 0 Å². The zero-order valence-electron chi connectivity index (χ0n) is 17.3. The van der Waals surface area contributed by atoms with Gasteiger partial charge in [0.25, 0.3) is 17.5 Å². The number of aryl methyl sites for hydroxylation is 2. The van der Waals surface area contributed by atoms with Crippen LogP contribution in [0.3, 0.4) is 0 Å². The molecule has 0 radical (unpaired) electrons. The Morgan fingerprint density at radius 3 is 2.34 bits per heavy atom. The third-order valence-corrected chi connectivity index (χ3v) is 4.94. The molecule has 3 aromatic rings. The zero-order chi connectivity index (χ0) is 23.3. The molecular formula is C23H20N4O4S.